The Morgan fingerprint density at radius 2 is 1.84 bits per heavy atom. The van der Waals surface area contributed by atoms with Gasteiger partial charge in [0.15, 0.2) is 0 Å². The Labute approximate surface area is 190 Å². The van der Waals surface area contributed by atoms with Crippen LogP contribution in [0.4, 0.5) is 16.0 Å². The molecule has 164 valence electrons. The van der Waals surface area contributed by atoms with Gasteiger partial charge in [-0.2, -0.15) is 0 Å². The Morgan fingerprint density at radius 3 is 2.48 bits per heavy atom. The minimum Gasteiger partial charge on any atom is -0.349 e. The van der Waals surface area contributed by atoms with Crippen LogP contribution in [0.25, 0.3) is 11.0 Å². The van der Waals surface area contributed by atoms with E-state index < -0.39 is 11.7 Å². The third-order valence-electron chi connectivity index (χ3n) is 6.09. The lowest BCUT2D eigenvalue weighted by molar-refractivity contribution is 0.0905. The summed E-state index contributed by atoms with van der Waals surface area (Å²) in [5, 5.41) is 6.99. The van der Waals surface area contributed by atoms with Crippen LogP contribution in [-0.2, 0) is 7.05 Å². The molecule has 1 saturated carbocycles. The van der Waals surface area contributed by atoms with Crippen LogP contribution in [0.3, 0.4) is 0 Å². The van der Waals surface area contributed by atoms with Crippen LogP contribution in [0.15, 0.2) is 30.3 Å². The fourth-order valence-electron chi connectivity index (χ4n) is 4.03. The molecular weight excluding hydrogens is 438 g/mol. The highest BCUT2D eigenvalue weighted by molar-refractivity contribution is 6.39. The molecule has 1 aliphatic rings. The van der Waals surface area contributed by atoms with Crippen molar-refractivity contribution >= 4 is 51.8 Å². The van der Waals surface area contributed by atoms with Crippen LogP contribution < -0.4 is 10.6 Å². The molecule has 0 spiro atoms. The molecule has 0 aliphatic heterocycles. The monoisotopic (exact) mass is 462 g/mol. The van der Waals surface area contributed by atoms with E-state index in [4.69, 9.17) is 23.2 Å². The average Bonchev–Trinajstić information content (AvgIpc) is 3.00. The molecule has 0 radical (unpaired) electrons. The molecule has 1 fully saturated rings. The lowest BCUT2D eigenvalue weighted by Gasteiger charge is -2.34. The predicted octanol–water partition coefficient (Wildman–Crippen LogP) is 6.46. The Hall–Kier alpha value is -2.31. The normalized spacial score (nSPS) is 16.5. The van der Waals surface area contributed by atoms with Crippen molar-refractivity contribution in [3.8, 4) is 0 Å². The zero-order valence-electron chi connectivity index (χ0n) is 17.7. The molecule has 0 saturated heterocycles. The molecule has 3 aromatic rings. The Morgan fingerprint density at radius 1 is 1.19 bits per heavy atom. The van der Waals surface area contributed by atoms with Crippen molar-refractivity contribution in [3.63, 3.8) is 0 Å². The molecule has 0 atom stereocenters. The lowest BCUT2D eigenvalue weighted by Crippen LogP contribution is -2.39. The standard InChI is InChI=1S/C23H25Cl2FN4O/c1-23(2)9-7-13(8-10-23)27-21(31)14-11-18-19(12-17(14)26)30(3)22(28-18)29-20-15(24)5-4-6-16(20)25/h4-6,11-13H,7-10H2,1-3H3,(H,27,31)(H,28,29). The van der Waals surface area contributed by atoms with E-state index in [9.17, 15) is 9.18 Å². The molecule has 2 N–H and O–H groups in total. The van der Waals surface area contributed by atoms with E-state index in [0.29, 0.717) is 38.1 Å². The summed E-state index contributed by atoms with van der Waals surface area (Å²) < 4.78 is 16.5. The summed E-state index contributed by atoms with van der Waals surface area (Å²) in [4.78, 5) is 17.3. The second-order valence-electron chi connectivity index (χ2n) is 8.95. The maximum absolute atomic E-state index is 14.8. The molecule has 1 amide bonds. The van der Waals surface area contributed by atoms with Gasteiger partial charge in [-0.25, -0.2) is 9.37 Å². The number of aromatic nitrogens is 2. The topological polar surface area (TPSA) is 59.0 Å². The number of fused-ring (bicyclic) bond motifs is 1. The number of imidazole rings is 1. The van der Waals surface area contributed by atoms with Crippen molar-refractivity contribution in [2.75, 3.05) is 5.32 Å². The molecule has 5 nitrogen and oxygen atoms in total. The number of halogens is 3. The molecule has 2 aromatic carbocycles. The van der Waals surface area contributed by atoms with Gasteiger partial charge in [0, 0.05) is 19.2 Å². The van der Waals surface area contributed by atoms with Crippen LogP contribution in [0.2, 0.25) is 10.0 Å². The van der Waals surface area contributed by atoms with Gasteiger partial charge in [-0.15, -0.1) is 0 Å². The number of hydrogen-bond donors (Lipinski definition) is 2. The molecule has 0 bridgehead atoms. The molecule has 1 aliphatic carbocycles. The van der Waals surface area contributed by atoms with Gasteiger partial charge in [0.25, 0.3) is 5.91 Å². The van der Waals surface area contributed by atoms with Gasteiger partial charge in [0.05, 0.1) is 32.3 Å². The Bertz CT molecular complexity index is 1130. The number of para-hydroxylation sites is 1. The minimum absolute atomic E-state index is 0.00207. The highest BCUT2D eigenvalue weighted by Crippen LogP contribution is 2.36. The summed E-state index contributed by atoms with van der Waals surface area (Å²) in [5.74, 6) is -0.540. The van der Waals surface area contributed by atoms with Crippen molar-refractivity contribution in [2.45, 2.75) is 45.6 Å². The van der Waals surface area contributed by atoms with Gasteiger partial charge in [0.1, 0.15) is 5.82 Å². The number of benzene rings is 2. The van der Waals surface area contributed by atoms with Crippen LogP contribution in [-0.4, -0.2) is 21.5 Å². The summed E-state index contributed by atoms with van der Waals surface area (Å²) in [7, 11) is 1.76. The predicted molar refractivity (Wildman–Crippen MR) is 124 cm³/mol. The number of nitrogens with one attached hydrogen (secondary N) is 2. The van der Waals surface area contributed by atoms with E-state index in [0.717, 1.165) is 25.7 Å². The van der Waals surface area contributed by atoms with Crippen molar-refractivity contribution in [3.05, 3.63) is 51.8 Å². The number of aryl methyl sites for hydroxylation is 1. The first-order chi connectivity index (χ1) is 14.6. The maximum Gasteiger partial charge on any atom is 0.254 e. The van der Waals surface area contributed by atoms with Gasteiger partial charge in [-0.3, -0.25) is 4.79 Å². The number of amides is 1. The van der Waals surface area contributed by atoms with E-state index in [1.807, 2.05) is 0 Å². The molecule has 31 heavy (non-hydrogen) atoms. The van der Waals surface area contributed by atoms with Gasteiger partial charge < -0.3 is 15.2 Å². The third kappa shape index (κ3) is 4.51. The van der Waals surface area contributed by atoms with Gasteiger partial charge in [-0.05, 0) is 49.3 Å². The smallest absolute Gasteiger partial charge is 0.254 e. The number of rotatable bonds is 4. The number of anilines is 2. The van der Waals surface area contributed by atoms with Gasteiger partial charge >= 0.3 is 0 Å². The van der Waals surface area contributed by atoms with Crippen molar-refractivity contribution < 1.29 is 9.18 Å². The van der Waals surface area contributed by atoms with Gasteiger partial charge in [-0.1, -0.05) is 43.1 Å². The number of hydrogen-bond acceptors (Lipinski definition) is 3. The zero-order chi connectivity index (χ0) is 22.3. The summed E-state index contributed by atoms with van der Waals surface area (Å²) in [6.45, 7) is 4.47. The fourth-order valence-corrected chi connectivity index (χ4v) is 4.53. The highest BCUT2D eigenvalue weighted by Gasteiger charge is 2.28. The largest absolute Gasteiger partial charge is 0.349 e. The SMILES string of the molecule is Cn1c(Nc2c(Cl)cccc2Cl)nc2cc(C(=O)NC3CCC(C)(C)CC3)c(F)cc21. The zero-order valence-corrected chi connectivity index (χ0v) is 19.2. The first-order valence-corrected chi connectivity index (χ1v) is 11.1. The van der Waals surface area contributed by atoms with Crippen molar-refractivity contribution in [1.82, 2.24) is 14.9 Å². The molecule has 1 heterocycles. The van der Waals surface area contributed by atoms with Crippen LogP contribution in [0.1, 0.15) is 49.9 Å². The van der Waals surface area contributed by atoms with E-state index in [2.05, 4.69) is 29.5 Å². The van der Waals surface area contributed by atoms with Gasteiger partial charge in [0.2, 0.25) is 5.95 Å². The molecule has 0 unspecified atom stereocenters. The highest BCUT2D eigenvalue weighted by atomic mass is 35.5. The Balaban J connectivity index is 1.59. The van der Waals surface area contributed by atoms with Crippen LogP contribution in [0.5, 0.6) is 0 Å². The minimum atomic E-state index is -0.577. The van der Waals surface area contributed by atoms with Crippen LogP contribution in [0, 0.1) is 11.2 Å². The molecule has 1 aromatic heterocycles. The first kappa shape index (κ1) is 21.9. The second-order valence-corrected chi connectivity index (χ2v) is 9.76. The quantitative estimate of drug-likeness (QED) is 0.467. The van der Waals surface area contributed by atoms with Crippen LogP contribution >= 0.6 is 23.2 Å². The van der Waals surface area contributed by atoms with E-state index in [1.54, 1.807) is 29.8 Å². The molecule has 8 heteroatoms. The van der Waals surface area contributed by atoms with E-state index >= 15 is 0 Å². The van der Waals surface area contributed by atoms with E-state index in [-0.39, 0.29) is 11.6 Å². The van der Waals surface area contributed by atoms with Crippen molar-refractivity contribution in [1.29, 1.82) is 0 Å². The third-order valence-corrected chi connectivity index (χ3v) is 6.72. The average molecular weight is 463 g/mol. The number of nitrogens with zero attached hydrogens (tertiary/aromatic N) is 2. The summed E-state index contributed by atoms with van der Waals surface area (Å²) >= 11 is 12.5. The fraction of sp³-hybridized carbons (Fsp3) is 0.391. The number of carbonyl (C=O) groups is 1. The molecule has 4 rings (SSSR count). The first-order valence-electron chi connectivity index (χ1n) is 10.3. The van der Waals surface area contributed by atoms with E-state index in [1.165, 1.54) is 12.1 Å². The second kappa shape index (κ2) is 8.32. The summed E-state index contributed by atoms with van der Waals surface area (Å²) in [5.41, 5.74) is 1.87. The molecular formula is C23H25Cl2FN4O. The Kier molecular flexibility index (Phi) is 5.88. The maximum atomic E-state index is 14.8. The lowest BCUT2D eigenvalue weighted by atomic mass is 9.75. The van der Waals surface area contributed by atoms with Crippen molar-refractivity contribution in [2.24, 2.45) is 12.5 Å². The summed E-state index contributed by atoms with van der Waals surface area (Å²) in [6.07, 6.45) is 3.89. The number of carbonyl (C=O) groups excluding carboxylic acids is 1. The summed E-state index contributed by atoms with van der Waals surface area (Å²) in [6, 6.07) is 8.07.